The third-order valence-electron chi connectivity index (χ3n) is 30.1. The molecule has 0 spiro atoms. The summed E-state index contributed by atoms with van der Waals surface area (Å²) in [6.07, 6.45) is 0. The fourth-order valence-corrected chi connectivity index (χ4v) is 24.5. The van der Waals surface area contributed by atoms with Crippen molar-refractivity contribution in [1.82, 2.24) is 43.6 Å². The summed E-state index contributed by atoms with van der Waals surface area (Å²) < 4.78 is 30.0. The van der Waals surface area contributed by atoms with Crippen molar-refractivity contribution < 1.29 is 13.3 Å². The minimum Gasteiger partial charge on any atom is -0.455 e. The highest BCUT2D eigenvalue weighted by atomic mass is 32.1. The zero-order valence-corrected chi connectivity index (χ0v) is 80.6. The average Bonchev–Trinajstić information content (AvgIpc) is 1.57. The number of nitrogens with zero attached hydrogens (tertiary/aromatic N) is 9. The molecule has 0 aliphatic carbocycles. The van der Waals surface area contributed by atoms with Crippen LogP contribution in [0.25, 0.3) is 312 Å². The van der Waals surface area contributed by atoms with Gasteiger partial charge in [-0.2, -0.15) is 0 Å². The van der Waals surface area contributed by atoms with Crippen LogP contribution in [0.4, 0.5) is 0 Å². The fourth-order valence-electron chi connectivity index (χ4n) is 23.3. The smallest absolute Gasteiger partial charge is 0.164 e. The lowest BCUT2D eigenvalue weighted by Gasteiger charge is -2.14. The third-order valence-corrected chi connectivity index (χ3v) is 31.3. The van der Waals surface area contributed by atoms with Crippen LogP contribution in [0.5, 0.6) is 0 Å². The van der Waals surface area contributed by atoms with E-state index < -0.39 is 0 Å². The normalized spacial score (nSPS) is 12.0. The van der Waals surface area contributed by atoms with Crippen molar-refractivity contribution in [1.29, 1.82) is 0 Å². The highest BCUT2D eigenvalue weighted by Gasteiger charge is 2.30. The predicted molar refractivity (Wildman–Crippen MR) is 619 cm³/mol. The van der Waals surface area contributed by atoms with Crippen LogP contribution in [0.2, 0.25) is 0 Å². The molecule has 33 rings (SSSR count). The van der Waals surface area contributed by atoms with Crippen LogP contribution < -0.4 is 0 Å². The van der Waals surface area contributed by atoms with E-state index in [-0.39, 0.29) is 0 Å². The molecule has 0 saturated carbocycles. The number of para-hydroxylation sites is 6. The molecule has 0 amide bonds. The number of fused-ring (bicyclic) bond motifs is 29. The molecular weight excluding hydrogens is 1840 g/mol. The molecule has 149 heavy (non-hydrogen) atoms. The maximum Gasteiger partial charge on any atom is 0.164 e. The van der Waals surface area contributed by atoms with Crippen LogP contribution in [0, 0.1) is 0 Å². The van der Waals surface area contributed by atoms with Gasteiger partial charge in [0.05, 0.1) is 116 Å². The van der Waals surface area contributed by atoms with E-state index in [1.54, 1.807) is 11.3 Å². The third kappa shape index (κ3) is 13.3. The van der Waals surface area contributed by atoms with Gasteiger partial charge in [0.25, 0.3) is 0 Å². The molecule has 0 bridgehead atoms. The SMILES string of the molecule is c1ccc(-c2nc(-c3ccc(-n4c5cc6ccccc6cc5c5c6ccccc6ccc54)c4c3oc3ccccc34)nc3ccccc23)cc1.c1ccc(-c2nc(-c3ccc(-n4c5cc6ccccc6cc5c5cc6ccccc6cc54)c4c3oc3ccccc34)nc3c2sc2ccccc23)cc1.c1ccc(-c2nc(-c3ccc(-n4c5ccccc5c5cc6ccccc6cc54)c4c3oc3ccccc34)c3ccccc3n2)cc1. The summed E-state index contributed by atoms with van der Waals surface area (Å²) in [5, 5.41) is 29.0. The largest absolute Gasteiger partial charge is 0.455 e. The number of rotatable bonds is 9. The first-order valence-electron chi connectivity index (χ1n) is 50.3. The van der Waals surface area contributed by atoms with E-state index in [1.165, 1.54) is 90.9 Å². The average molecular weight is 1920 g/mol. The molecular formula is C136H79N9O3S. The van der Waals surface area contributed by atoms with Crippen molar-refractivity contribution in [3.05, 3.63) is 479 Å². The quantitative estimate of drug-likeness (QED) is 0.139. The first-order chi connectivity index (χ1) is 73.9. The van der Waals surface area contributed by atoms with Crippen molar-refractivity contribution in [3.8, 4) is 85.0 Å². The van der Waals surface area contributed by atoms with Crippen LogP contribution in [-0.4, -0.2) is 43.6 Å². The molecule has 23 aromatic carbocycles. The summed E-state index contributed by atoms with van der Waals surface area (Å²) in [6, 6.07) is 169. The second-order valence-electron chi connectivity index (χ2n) is 38.5. The number of hydrogen-bond acceptors (Lipinski definition) is 10. The summed E-state index contributed by atoms with van der Waals surface area (Å²) in [5.74, 6) is 1.98. The standard InChI is InChI=1S/C48H27N3OS.C46H27N3O.C42H25N3O/c1-2-12-28(13-3-1)44-47-45(34-19-9-11-21-42(34)53-47)50-48(49-44)35-22-23-38(43-33-18-8-10-20-41(33)52-46(35)43)51-39-26-31-16-6-4-14-29(31)24-36(39)37-25-30-15-5-7-17-32(30)27-40(37)51;1-2-13-29(14-3-1)44-33-18-8-10-20-37(33)47-46(48-44)35-23-25-39(43-34-19-9-11-21-41(34)50-45(35)43)49-38-24-22-28-12-6-7-17-32(28)42(38)36-26-30-15-4-5-16-31(30)27-40(36)49;1-2-12-26(13-3-1)42-43-34-19-9-6-17-30(34)40(44-42)32-22-23-36(39-31-18-8-11-21-38(31)46-41(32)39)45-35-20-10-7-16-29(35)33-24-27-14-4-5-15-28(27)25-37(33)45/h1-27H;1-27H;1-25H. The van der Waals surface area contributed by atoms with Crippen LogP contribution in [0.15, 0.2) is 492 Å². The van der Waals surface area contributed by atoms with E-state index in [1.807, 2.05) is 78.9 Å². The van der Waals surface area contributed by atoms with Crippen molar-refractivity contribution in [3.63, 3.8) is 0 Å². The maximum absolute atomic E-state index is 6.88. The van der Waals surface area contributed by atoms with Crippen LogP contribution in [-0.2, 0) is 0 Å². The number of hydrogen-bond donors (Lipinski definition) is 0. The maximum atomic E-state index is 6.88. The molecule has 0 saturated heterocycles. The zero-order chi connectivity index (χ0) is 97.6. The summed E-state index contributed by atoms with van der Waals surface area (Å²) in [7, 11) is 0. The Kier molecular flexibility index (Phi) is 18.8. The van der Waals surface area contributed by atoms with Crippen molar-refractivity contribution in [2.45, 2.75) is 0 Å². The Morgan fingerprint density at radius 1 is 0.188 bits per heavy atom. The lowest BCUT2D eigenvalue weighted by Crippen LogP contribution is -1.98. The Labute approximate surface area is 853 Å². The van der Waals surface area contributed by atoms with Gasteiger partial charge in [0.2, 0.25) is 0 Å². The van der Waals surface area contributed by atoms with Gasteiger partial charge in [-0.15, -0.1) is 11.3 Å². The second kappa shape index (κ2) is 33.4. The highest BCUT2D eigenvalue weighted by molar-refractivity contribution is 7.26. The lowest BCUT2D eigenvalue weighted by atomic mass is 10.0. The van der Waals surface area contributed by atoms with Gasteiger partial charge < -0.3 is 27.0 Å². The molecule has 33 aromatic rings. The van der Waals surface area contributed by atoms with Gasteiger partial charge >= 0.3 is 0 Å². The molecule has 0 aliphatic heterocycles. The van der Waals surface area contributed by atoms with E-state index >= 15 is 0 Å². The molecule has 13 heteroatoms. The molecule has 0 N–H and O–H groups in total. The van der Waals surface area contributed by atoms with E-state index in [0.717, 1.165) is 204 Å². The Hall–Kier alpha value is -19.9. The molecule has 12 nitrogen and oxygen atoms in total. The van der Waals surface area contributed by atoms with E-state index in [2.05, 4.69) is 414 Å². The lowest BCUT2D eigenvalue weighted by molar-refractivity contribution is 0.669. The number of furan rings is 3. The molecule has 0 radical (unpaired) electrons. The van der Waals surface area contributed by atoms with Crippen molar-refractivity contribution >= 4 is 239 Å². The Bertz CT molecular complexity index is 11400. The number of aromatic nitrogens is 9. The summed E-state index contributed by atoms with van der Waals surface area (Å²) in [6.45, 7) is 0. The van der Waals surface area contributed by atoms with Gasteiger partial charge in [0, 0.05) is 91.6 Å². The van der Waals surface area contributed by atoms with E-state index in [9.17, 15) is 0 Å². The monoisotopic (exact) mass is 1920 g/mol. The molecule has 0 unspecified atom stereocenters. The molecule has 10 aromatic heterocycles. The molecule has 692 valence electrons. The second-order valence-corrected chi connectivity index (χ2v) is 39.5. The zero-order valence-electron chi connectivity index (χ0n) is 79.8. The predicted octanol–water partition coefficient (Wildman–Crippen LogP) is 36.9. The van der Waals surface area contributed by atoms with Gasteiger partial charge in [0.15, 0.2) is 17.5 Å². The van der Waals surface area contributed by atoms with Crippen LogP contribution in [0.3, 0.4) is 0 Å². The molecule has 0 aliphatic rings. The van der Waals surface area contributed by atoms with Gasteiger partial charge in [-0.25, -0.2) is 29.9 Å². The number of thiophene rings is 1. The Balaban J connectivity index is 0.000000101. The minimum atomic E-state index is 0.636. The molecule has 10 heterocycles. The fraction of sp³-hybridized carbons (Fsp3) is 0. The van der Waals surface area contributed by atoms with Gasteiger partial charge in [0.1, 0.15) is 33.5 Å². The van der Waals surface area contributed by atoms with Crippen molar-refractivity contribution in [2.24, 2.45) is 0 Å². The highest BCUT2D eigenvalue weighted by Crippen LogP contribution is 2.52. The Morgan fingerprint density at radius 2 is 0.530 bits per heavy atom. The molecule has 0 fully saturated rings. The van der Waals surface area contributed by atoms with Gasteiger partial charge in [-0.1, -0.05) is 346 Å². The van der Waals surface area contributed by atoms with E-state index in [0.29, 0.717) is 17.5 Å². The minimum absolute atomic E-state index is 0.636. The number of benzene rings is 23. The summed E-state index contributed by atoms with van der Waals surface area (Å²) in [4.78, 5) is 31.2. The summed E-state index contributed by atoms with van der Waals surface area (Å²) >= 11 is 1.75. The van der Waals surface area contributed by atoms with Gasteiger partial charge in [-0.05, 0) is 187 Å². The first kappa shape index (κ1) is 83.7. The Morgan fingerprint density at radius 3 is 1.05 bits per heavy atom. The molecule has 0 atom stereocenters. The van der Waals surface area contributed by atoms with Gasteiger partial charge in [-0.3, -0.25) is 0 Å². The van der Waals surface area contributed by atoms with Crippen LogP contribution in [0.1, 0.15) is 0 Å². The first-order valence-corrected chi connectivity index (χ1v) is 51.1. The summed E-state index contributed by atoms with van der Waals surface area (Å²) in [5.41, 5.74) is 26.2. The van der Waals surface area contributed by atoms with Crippen molar-refractivity contribution in [2.75, 3.05) is 0 Å². The van der Waals surface area contributed by atoms with Crippen LogP contribution >= 0.6 is 11.3 Å². The van der Waals surface area contributed by atoms with E-state index in [4.69, 9.17) is 43.2 Å². The topological polar surface area (TPSA) is 132 Å².